The first-order valence-electron chi connectivity index (χ1n) is 9.54. The molecule has 1 aromatic carbocycles. The molecule has 0 saturated carbocycles. The van der Waals surface area contributed by atoms with Gasteiger partial charge < -0.3 is 23.7 Å². The van der Waals surface area contributed by atoms with Gasteiger partial charge in [-0.05, 0) is 24.6 Å². The zero-order valence-corrected chi connectivity index (χ0v) is 17.8. The van der Waals surface area contributed by atoms with Crippen LogP contribution in [0.25, 0.3) is 6.08 Å². The van der Waals surface area contributed by atoms with Crippen molar-refractivity contribution in [1.29, 1.82) is 0 Å². The lowest BCUT2D eigenvalue weighted by atomic mass is 10.1. The van der Waals surface area contributed by atoms with Crippen molar-refractivity contribution >= 4 is 35.6 Å². The van der Waals surface area contributed by atoms with Crippen molar-refractivity contribution in [1.82, 2.24) is 0 Å². The van der Waals surface area contributed by atoms with Gasteiger partial charge in [-0.15, -0.1) is 0 Å². The Labute approximate surface area is 180 Å². The second-order valence-corrected chi connectivity index (χ2v) is 6.97. The summed E-state index contributed by atoms with van der Waals surface area (Å²) in [5, 5.41) is 0.429. The van der Waals surface area contributed by atoms with E-state index in [-0.39, 0.29) is 25.4 Å². The van der Waals surface area contributed by atoms with Crippen molar-refractivity contribution in [3.05, 3.63) is 40.6 Å². The smallest absolute Gasteiger partial charge is 0.373 e. The monoisotopic (exact) mass is 440 g/mol. The SMILES string of the molecule is CCOC(=O)/C(=C/c1ccccc1Cl)OC1CC(OC(C)=O)CC(COC(C)=O)O1. The molecule has 0 aliphatic carbocycles. The average Bonchev–Trinajstić information content (AvgIpc) is 2.67. The number of esters is 3. The highest BCUT2D eigenvalue weighted by atomic mass is 35.5. The van der Waals surface area contributed by atoms with Crippen molar-refractivity contribution < 1.29 is 38.1 Å². The molecule has 1 aliphatic heterocycles. The van der Waals surface area contributed by atoms with E-state index in [1.807, 2.05) is 0 Å². The third-order valence-electron chi connectivity index (χ3n) is 4.06. The molecule has 2 rings (SSSR count). The zero-order chi connectivity index (χ0) is 22.1. The van der Waals surface area contributed by atoms with Gasteiger partial charge in [0.05, 0.1) is 12.7 Å². The Hall–Kier alpha value is -2.58. The van der Waals surface area contributed by atoms with Gasteiger partial charge in [0.1, 0.15) is 12.7 Å². The lowest BCUT2D eigenvalue weighted by Gasteiger charge is -2.34. The molecular formula is C21H25ClO8. The van der Waals surface area contributed by atoms with Gasteiger partial charge in [-0.1, -0.05) is 29.8 Å². The van der Waals surface area contributed by atoms with E-state index in [1.165, 1.54) is 19.9 Å². The molecule has 9 heteroatoms. The minimum absolute atomic E-state index is 0.0318. The largest absolute Gasteiger partial charge is 0.463 e. The van der Waals surface area contributed by atoms with Crippen molar-refractivity contribution in [2.24, 2.45) is 0 Å². The fourth-order valence-corrected chi connectivity index (χ4v) is 3.06. The van der Waals surface area contributed by atoms with Crippen LogP contribution in [0.15, 0.2) is 30.0 Å². The standard InChI is InChI=1S/C21H25ClO8/c1-4-26-21(25)19(9-15-7-5-6-8-18(15)22)30-20-11-16(28-14(3)24)10-17(29-20)12-27-13(2)23/h5-9,16-17,20H,4,10-12H2,1-3H3/b19-9-. The number of carbonyl (C=O) groups excluding carboxylic acids is 3. The first kappa shape index (κ1) is 23.7. The maximum Gasteiger partial charge on any atom is 0.373 e. The van der Waals surface area contributed by atoms with Gasteiger partial charge in [0.15, 0.2) is 0 Å². The van der Waals surface area contributed by atoms with Crippen LogP contribution in [-0.2, 0) is 38.1 Å². The first-order valence-corrected chi connectivity index (χ1v) is 9.92. The molecule has 8 nitrogen and oxygen atoms in total. The lowest BCUT2D eigenvalue weighted by molar-refractivity contribution is -0.218. The van der Waals surface area contributed by atoms with E-state index in [4.69, 9.17) is 35.3 Å². The van der Waals surface area contributed by atoms with Crippen LogP contribution in [0.4, 0.5) is 0 Å². The van der Waals surface area contributed by atoms with E-state index in [0.29, 0.717) is 17.0 Å². The summed E-state index contributed by atoms with van der Waals surface area (Å²) in [7, 11) is 0. The van der Waals surface area contributed by atoms with Crippen LogP contribution in [0.2, 0.25) is 5.02 Å². The Kier molecular flexibility index (Phi) is 9.14. The molecule has 30 heavy (non-hydrogen) atoms. The van der Waals surface area contributed by atoms with Crippen LogP contribution in [0.1, 0.15) is 39.2 Å². The van der Waals surface area contributed by atoms with Crippen molar-refractivity contribution in [3.63, 3.8) is 0 Å². The van der Waals surface area contributed by atoms with Crippen LogP contribution < -0.4 is 0 Å². The van der Waals surface area contributed by atoms with Gasteiger partial charge in [0.25, 0.3) is 0 Å². The summed E-state index contributed by atoms with van der Waals surface area (Å²) < 4.78 is 27.0. The number of hydrogen-bond acceptors (Lipinski definition) is 8. The van der Waals surface area contributed by atoms with Gasteiger partial charge in [-0.2, -0.15) is 0 Å². The molecule has 0 amide bonds. The summed E-state index contributed by atoms with van der Waals surface area (Å²) in [4.78, 5) is 34.9. The number of halogens is 1. The normalized spacial score (nSPS) is 21.5. The molecule has 1 fully saturated rings. The Morgan fingerprint density at radius 3 is 2.47 bits per heavy atom. The number of ether oxygens (including phenoxy) is 5. The van der Waals surface area contributed by atoms with E-state index in [2.05, 4.69) is 0 Å². The summed E-state index contributed by atoms with van der Waals surface area (Å²) in [6.07, 6.45) is -0.0428. The predicted octanol–water partition coefficient (Wildman–Crippen LogP) is 3.26. The maximum atomic E-state index is 12.4. The average molecular weight is 441 g/mol. The molecular weight excluding hydrogens is 416 g/mol. The number of hydrogen-bond donors (Lipinski definition) is 0. The number of rotatable bonds is 8. The van der Waals surface area contributed by atoms with Crippen molar-refractivity contribution in [3.8, 4) is 0 Å². The third kappa shape index (κ3) is 7.68. The van der Waals surface area contributed by atoms with Gasteiger partial charge >= 0.3 is 17.9 Å². The van der Waals surface area contributed by atoms with Crippen LogP contribution >= 0.6 is 11.6 Å². The van der Waals surface area contributed by atoms with Crippen molar-refractivity contribution in [2.75, 3.05) is 13.2 Å². The van der Waals surface area contributed by atoms with E-state index >= 15 is 0 Å². The summed E-state index contributed by atoms with van der Waals surface area (Å²) in [5.41, 5.74) is 0.561. The zero-order valence-electron chi connectivity index (χ0n) is 17.1. The predicted molar refractivity (Wildman–Crippen MR) is 107 cm³/mol. The fraction of sp³-hybridized carbons (Fsp3) is 0.476. The molecule has 0 N–H and O–H groups in total. The summed E-state index contributed by atoms with van der Waals surface area (Å²) in [5.74, 6) is -1.71. The highest BCUT2D eigenvalue weighted by molar-refractivity contribution is 6.32. The molecule has 1 saturated heterocycles. The van der Waals surface area contributed by atoms with E-state index < -0.39 is 36.4 Å². The molecule has 164 valence electrons. The molecule has 1 heterocycles. The van der Waals surface area contributed by atoms with Gasteiger partial charge in [-0.25, -0.2) is 4.79 Å². The minimum atomic E-state index is -0.929. The molecule has 0 bridgehead atoms. The summed E-state index contributed by atoms with van der Waals surface area (Å²) >= 11 is 6.18. The first-order chi connectivity index (χ1) is 14.3. The number of benzene rings is 1. The van der Waals surface area contributed by atoms with Gasteiger partial charge in [-0.3, -0.25) is 9.59 Å². The van der Waals surface area contributed by atoms with Crippen LogP contribution in [0.3, 0.4) is 0 Å². The highest BCUT2D eigenvalue weighted by Crippen LogP contribution is 2.27. The molecule has 3 atom stereocenters. The van der Waals surface area contributed by atoms with Crippen LogP contribution in [0.5, 0.6) is 0 Å². The van der Waals surface area contributed by atoms with Crippen molar-refractivity contribution in [2.45, 2.75) is 52.1 Å². The third-order valence-corrected chi connectivity index (χ3v) is 4.40. The highest BCUT2D eigenvalue weighted by Gasteiger charge is 2.34. The van der Waals surface area contributed by atoms with Gasteiger partial charge in [0, 0.05) is 31.7 Å². The molecule has 1 aromatic rings. The van der Waals surface area contributed by atoms with Crippen LogP contribution in [0, 0.1) is 0 Å². The molecule has 1 aliphatic rings. The quantitative estimate of drug-likeness (QED) is 0.263. The lowest BCUT2D eigenvalue weighted by Crippen LogP contribution is -2.41. The Morgan fingerprint density at radius 1 is 1.10 bits per heavy atom. The van der Waals surface area contributed by atoms with Crippen LogP contribution in [-0.4, -0.2) is 49.6 Å². The number of carbonyl (C=O) groups is 3. The van der Waals surface area contributed by atoms with Gasteiger partial charge in [0.2, 0.25) is 12.0 Å². The second-order valence-electron chi connectivity index (χ2n) is 6.56. The molecule has 3 unspecified atom stereocenters. The summed E-state index contributed by atoms with van der Waals surface area (Å²) in [6, 6.07) is 6.93. The Balaban J connectivity index is 2.22. The summed E-state index contributed by atoms with van der Waals surface area (Å²) in [6.45, 7) is 4.38. The Bertz CT molecular complexity index is 791. The molecule has 0 spiro atoms. The van der Waals surface area contributed by atoms with E-state index in [1.54, 1.807) is 31.2 Å². The maximum absolute atomic E-state index is 12.4. The van der Waals surface area contributed by atoms with E-state index in [0.717, 1.165) is 0 Å². The fourth-order valence-electron chi connectivity index (χ4n) is 2.87. The molecule has 0 radical (unpaired) electrons. The molecule has 0 aromatic heterocycles. The van der Waals surface area contributed by atoms with E-state index in [9.17, 15) is 14.4 Å². The Morgan fingerprint density at radius 2 is 1.83 bits per heavy atom. The second kappa shape index (κ2) is 11.6. The topological polar surface area (TPSA) is 97.4 Å². The minimum Gasteiger partial charge on any atom is -0.463 e.